The molecule has 7 heteroatoms. The molecule has 3 rings (SSSR count). The minimum atomic E-state index is -0.551. The summed E-state index contributed by atoms with van der Waals surface area (Å²) in [5.74, 6) is -0.616. The number of fused-ring (bicyclic) bond motifs is 1. The number of thiazole rings is 1. The maximum absolute atomic E-state index is 13.4. The predicted molar refractivity (Wildman–Crippen MR) is 83.7 cm³/mol. The molecule has 0 aromatic carbocycles. The van der Waals surface area contributed by atoms with Crippen LogP contribution in [0.15, 0.2) is 18.3 Å². The van der Waals surface area contributed by atoms with Gasteiger partial charge in [0, 0.05) is 24.0 Å². The van der Waals surface area contributed by atoms with Crippen LogP contribution in [0.25, 0.3) is 0 Å². The van der Waals surface area contributed by atoms with Crippen molar-refractivity contribution in [1.29, 1.82) is 0 Å². The normalized spacial score (nSPS) is 13.5. The second kappa shape index (κ2) is 6.83. The molecule has 0 fully saturated rings. The number of halogens is 1. The fourth-order valence-corrected chi connectivity index (χ4v) is 3.58. The van der Waals surface area contributed by atoms with E-state index in [9.17, 15) is 9.18 Å². The van der Waals surface area contributed by atoms with Crippen LogP contribution in [0.3, 0.4) is 0 Å². The van der Waals surface area contributed by atoms with Crippen LogP contribution in [-0.2, 0) is 19.3 Å². The highest BCUT2D eigenvalue weighted by atomic mass is 32.1. The number of amides is 2. The zero-order chi connectivity index (χ0) is 15.4. The van der Waals surface area contributed by atoms with Crippen LogP contribution in [0.1, 0.15) is 28.4 Å². The van der Waals surface area contributed by atoms with E-state index in [0.29, 0.717) is 13.0 Å². The van der Waals surface area contributed by atoms with Crippen molar-refractivity contribution in [3.8, 4) is 0 Å². The molecule has 2 amide bonds. The van der Waals surface area contributed by atoms with Gasteiger partial charge >= 0.3 is 6.03 Å². The number of aryl methyl sites for hydroxylation is 2. The van der Waals surface area contributed by atoms with E-state index < -0.39 is 11.8 Å². The van der Waals surface area contributed by atoms with Crippen molar-refractivity contribution in [2.45, 2.75) is 32.1 Å². The summed E-state index contributed by atoms with van der Waals surface area (Å²) in [6.45, 7) is 0.465. The van der Waals surface area contributed by atoms with Gasteiger partial charge in [-0.3, -0.25) is 5.32 Å². The number of carbonyl (C=O) groups excluding carboxylic acids is 1. The number of rotatable bonds is 4. The highest BCUT2D eigenvalue weighted by molar-refractivity contribution is 7.11. The van der Waals surface area contributed by atoms with E-state index in [2.05, 4.69) is 20.6 Å². The van der Waals surface area contributed by atoms with Gasteiger partial charge in [0.1, 0.15) is 0 Å². The average molecular weight is 320 g/mol. The minimum Gasteiger partial charge on any atom is -0.337 e. The molecule has 1 aliphatic rings. The van der Waals surface area contributed by atoms with Crippen molar-refractivity contribution in [1.82, 2.24) is 15.3 Å². The number of nitrogens with one attached hydrogen (secondary N) is 2. The molecule has 0 spiro atoms. The van der Waals surface area contributed by atoms with Gasteiger partial charge in [0.25, 0.3) is 0 Å². The lowest BCUT2D eigenvalue weighted by Gasteiger charge is -2.06. The number of anilines is 1. The van der Waals surface area contributed by atoms with Gasteiger partial charge in [-0.05, 0) is 37.8 Å². The molecule has 116 valence electrons. The lowest BCUT2D eigenvalue weighted by Crippen LogP contribution is -2.31. The molecule has 0 bridgehead atoms. The van der Waals surface area contributed by atoms with Crippen molar-refractivity contribution in [2.75, 3.05) is 11.9 Å². The highest BCUT2D eigenvalue weighted by Gasteiger charge is 2.15. The maximum atomic E-state index is 13.4. The predicted octanol–water partition coefficient (Wildman–Crippen LogP) is 2.92. The number of carbonyl (C=O) groups is 1. The van der Waals surface area contributed by atoms with E-state index in [4.69, 9.17) is 0 Å². The van der Waals surface area contributed by atoms with Crippen molar-refractivity contribution in [2.24, 2.45) is 0 Å². The first kappa shape index (κ1) is 14.9. The Kier molecular flexibility index (Phi) is 4.62. The first-order valence-corrected chi connectivity index (χ1v) is 8.17. The van der Waals surface area contributed by atoms with Crippen LogP contribution < -0.4 is 10.6 Å². The number of hydrogen-bond acceptors (Lipinski definition) is 4. The zero-order valence-electron chi connectivity index (χ0n) is 12.1. The number of hydrogen-bond donors (Lipinski definition) is 2. The minimum absolute atomic E-state index is 0.0651. The third-order valence-electron chi connectivity index (χ3n) is 3.50. The molecular formula is C15H17FN4OS. The van der Waals surface area contributed by atoms with Crippen LogP contribution in [0.5, 0.6) is 0 Å². The summed E-state index contributed by atoms with van der Waals surface area (Å²) in [4.78, 5) is 21.5. The quantitative estimate of drug-likeness (QED) is 0.910. The van der Waals surface area contributed by atoms with E-state index in [0.717, 1.165) is 17.8 Å². The molecule has 5 nitrogen and oxygen atoms in total. The Balaban J connectivity index is 1.47. The molecule has 2 N–H and O–H groups in total. The first-order chi connectivity index (χ1) is 10.7. The summed E-state index contributed by atoms with van der Waals surface area (Å²) in [6.07, 6.45) is 6.77. The highest BCUT2D eigenvalue weighted by Crippen LogP contribution is 2.26. The Morgan fingerprint density at radius 2 is 2.23 bits per heavy atom. The van der Waals surface area contributed by atoms with Crippen LogP contribution in [0, 0.1) is 5.82 Å². The molecule has 0 atom stereocenters. The zero-order valence-corrected chi connectivity index (χ0v) is 12.9. The number of pyridine rings is 1. The second-order valence-corrected chi connectivity index (χ2v) is 6.32. The Morgan fingerprint density at radius 3 is 3.05 bits per heavy atom. The summed E-state index contributed by atoms with van der Waals surface area (Å²) in [7, 11) is 0. The van der Waals surface area contributed by atoms with Gasteiger partial charge < -0.3 is 5.32 Å². The van der Waals surface area contributed by atoms with Gasteiger partial charge in [0.05, 0.1) is 10.7 Å². The van der Waals surface area contributed by atoms with E-state index in [-0.39, 0.29) is 5.82 Å². The Labute approximate surface area is 132 Å². The van der Waals surface area contributed by atoms with Crippen molar-refractivity contribution in [3.05, 3.63) is 39.7 Å². The first-order valence-electron chi connectivity index (χ1n) is 7.35. The Morgan fingerprint density at radius 1 is 1.36 bits per heavy atom. The molecule has 2 aromatic heterocycles. The van der Waals surface area contributed by atoms with Crippen LogP contribution >= 0.6 is 11.3 Å². The Bertz CT molecular complexity index is 650. The fraction of sp³-hybridized carbons (Fsp3) is 0.400. The molecule has 0 radical (unpaired) electrons. The summed E-state index contributed by atoms with van der Waals surface area (Å²) < 4.78 is 13.4. The fourth-order valence-electron chi connectivity index (χ4n) is 2.42. The smallest absolute Gasteiger partial charge is 0.320 e. The number of nitrogens with zero attached hydrogens (tertiary/aromatic N) is 2. The van der Waals surface area contributed by atoms with Crippen LogP contribution in [0.2, 0.25) is 0 Å². The van der Waals surface area contributed by atoms with Gasteiger partial charge in [-0.1, -0.05) is 0 Å². The lowest BCUT2D eigenvalue weighted by molar-refractivity contribution is 0.252. The van der Waals surface area contributed by atoms with E-state index in [1.54, 1.807) is 11.3 Å². The molecule has 0 saturated heterocycles. The monoisotopic (exact) mass is 320 g/mol. The number of aromatic nitrogens is 2. The summed E-state index contributed by atoms with van der Waals surface area (Å²) in [6, 6.07) is 2.27. The van der Waals surface area contributed by atoms with E-state index >= 15 is 0 Å². The Hall–Kier alpha value is -2.02. The molecule has 0 aliphatic heterocycles. The third-order valence-corrected chi connectivity index (χ3v) is 4.72. The molecule has 2 aromatic rings. The van der Waals surface area contributed by atoms with Crippen LogP contribution in [-0.4, -0.2) is 22.5 Å². The van der Waals surface area contributed by atoms with Gasteiger partial charge in [-0.2, -0.15) is 0 Å². The summed E-state index contributed by atoms with van der Waals surface area (Å²) in [5, 5.41) is 6.14. The third kappa shape index (κ3) is 3.59. The van der Waals surface area contributed by atoms with Gasteiger partial charge in [0.15, 0.2) is 11.6 Å². The summed E-state index contributed by atoms with van der Waals surface area (Å²) in [5.41, 5.74) is 1.23. The summed E-state index contributed by atoms with van der Waals surface area (Å²) >= 11 is 1.74. The van der Waals surface area contributed by atoms with E-state index in [1.165, 1.54) is 41.7 Å². The maximum Gasteiger partial charge on any atom is 0.320 e. The molecule has 0 saturated carbocycles. The second-order valence-electron chi connectivity index (χ2n) is 5.15. The molecule has 0 unspecified atom stereocenters. The van der Waals surface area contributed by atoms with Crippen molar-refractivity contribution in [3.63, 3.8) is 0 Å². The van der Waals surface area contributed by atoms with Crippen molar-refractivity contribution < 1.29 is 9.18 Å². The molecule has 1 aliphatic carbocycles. The van der Waals surface area contributed by atoms with E-state index in [1.807, 2.05) is 0 Å². The lowest BCUT2D eigenvalue weighted by atomic mass is 10.0. The number of urea groups is 1. The molecular weight excluding hydrogens is 303 g/mol. The standard InChI is InChI=1S/C15H17FN4OS/c16-10-4-3-8-17-14(10)20-15(21)18-9-7-13-19-11-5-1-2-6-12(11)22-13/h3-4,8H,1-2,5-7,9H2,(H2,17,18,20,21). The van der Waals surface area contributed by atoms with Gasteiger partial charge in [-0.25, -0.2) is 19.2 Å². The van der Waals surface area contributed by atoms with Crippen LogP contribution in [0.4, 0.5) is 15.0 Å². The van der Waals surface area contributed by atoms with Gasteiger partial charge in [0.2, 0.25) is 0 Å². The van der Waals surface area contributed by atoms with Gasteiger partial charge in [-0.15, -0.1) is 11.3 Å². The molecule has 2 heterocycles. The molecule has 22 heavy (non-hydrogen) atoms. The average Bonchev–Trinajstić information content (AvgIpc) is 2.92. The topological polar surface area (TPSA) is 66.9 Å². The SMILES string of the molecule is O=C(NCCc1nc2c(s1)CCCC2)Nc1ncccc1F. The van der Waals surface area contributed by atoms with Crippen molar-refractivity contribution >= 4 is 23.2 Å². The largest absolute Gasteiger partial charge is 0.337 e.